The Labute approximate surface area is 76.8 Å². The molecule has 3 rings (SSSR count). The third kappa shape index (κ3) is 0.949. The van der Waals surface area contributed by atoms with Crippen molar-refractivity contribution in [1.82, 2.24) is 0 Å². The Morgan fingerprint density at radius 3 is 2.77 bits per heavy atom. The summed E-state index contributed by atoms with van der Waals surface area (Å²) in [7, 11) is 0. The largest absolute Gasteiger partial charge is 0.454 e. The number of hydrogen-bond acceptors (Lipinski definition) is 2. The predicted molar refractivity (Wildman–Crippen MR) is 49.9 cm³/mol. The molecule has 0 aromatic heterocycles. The average Bonchev–Trinajstić information content (AvgIpc) is 2.63. The fourth-order valence-corrected chi connectivity index (χ4v) is 1.90. The third-order valence-electron chi connectivity index (χ3n) is 2.51. The second-order valence-corrected chi connectivity index (χ2v) is 3.57. The minimum Gasteiger partial charge on any atom is -0.454 e. The van der Waals surface area contributed by atoms with E-state index in [-0.39, 0.29) is 0 Å². The van der Waals surface area contributed by atoms with E-state index in [1.807, 2.05) is 0 Å². The van der Waals surface area contributed by atoms with Gasteiger partial charge >= 0.3 is 0 Å². The van der Waals surface area contributed by atoms with Crippen LogP contribution in [0.3, 0.4) is 0 Å². The summed E-state index contributed by atoms with van der Waals surface area (Å²) in [5, 5.41) is 0. The lowest BCUT2D eigenvalue weighted by Crippen LogP contribution is -1.92. The molecule has 66 valence electrons. The summed E-state index contributed by atoms with van der Waals surface area (Å²) in [6.07, 6.45) is 3.25. The van der Waals surface area contributed by atoms with Gasteiger partial charge in [0.2, 0.25) is 6.79 Å². The van der Waals surface area contributed by atoms with Crippen molar-refractivity contribution in [2.24, 2.45) is 0 Å². The number of hydrogen-bond donors (Lipinski definition) is 0. The van der Waals surface area contributed by atoms with Crippen LogP contribution in [0.15, 0.2) is 17.7 Å². The second kappa shape index (κ2) is 2.28. The molecule has 0 bridgehead atoms. The van der Waals surface area contributed by atoms with Crippen molar-refractivity contribution in [3.63, 3.8) is 0 Å². The lowest BCUT2D eigenvalue weighted by Gasteiger charge is -2.00. The molecule has 0 N–H and O–H groups in total. The number of rotatable bonds is 0. The highest BCUT2D eigenvalue weighted by Gasteiger charge is 2.18. The van der Waals surface area contributed by atoms with Crippen LogP contribution in [0.25, 0.3) is 6.08 Å². The van der Waals surface area contributed by atoms with E-state index in [4.69, 9.17) is 9.47 Å². The lowest BCUT2D eigenvalue weighted by atomic mass is 10.1. The highest BCUT2D eigenvalue weighted by atomic mass is 16.7. The van der Waals surface area contributed by atoms with Crippen molar-refractivity contribution >= 4 is 6.08 Å². The molecule has 2 nitrogen and oxygen atoms in total. The molecule has 0 fully saturated rings. The molecule has 1 aromatic carbocycles. The molecular weight excluding hydrogens is 164 g/mol. The maximum absolute atomic E-state index is 5.31. The van der Waals surface area contributed by atoms with Gasteiger partial charge in [0.25, 0.3) is 0 Å². The van der Waals surface area contributed by atoms with Crippen LogP contribution in [-0.2, 0) is 6.42 Å². The van der Waals surface area contributed by atoms with Crippen molar-refractivity contribution in [1.29, 1.82) is 0 Å². The van der Waals surface area contributed by atoms with Gasteiger partial charge in [0.1, 0.15) is 0 Å². The smallest absolute Gasteiger partial charge is 0.231 e. The molecule has 1 aliphatic heterocycles. The Morgan fingerprint density at radius 2 is 1.92 bits per heavy atom. The van der Waals surface area contributed by atoms with Crippen LogP contribution in [0, 0.1) is 0 Å². The van der Waals surface area contributed by atoms with Crippen LogP contribution in [-0.4, -0.2) is 6.79 Å². The lowest BCUT2D eigenvalue weighted by molar-refractivity contribution is 0.174. The van der Waals surface area contributed by atoms with E-state index in [1.54, 1.807) is 0 Å². The van der Waals surface area contributed by atoms with E-state index >= 15 is 0 Å². The summed E-state index contributed by atoms with van der Waals surface area (Å²) in [6.45, 7) is 2.51. The molecule has 1 heterocycles. The van der Waals surface area contributed by atoms with E-state index < -0.39 is 0 Å². The Balaban J connectivity index is 2.17. The first kappa shape index (κ1) is 7.01. The molecule has 1 aromatic rings. The zero-order valence-electron chi connectivity index (χ0n) is 7.46. The number of allylic oxidation sites excluding steroid dienone is 1. The Bertz CT molecular complexity index is 405. The van der Waals surface area contributed by atoms with Crippen LogP contribution in [0.1, 0.15) is 18.1 Å². The Hall–Kier alpha value is -1.44. The first-order valence-corrected chi connectivity index (χ1v) is 4.42. The van der Waals surface area contributed by atoms with Crippen molar-refractivity contribution in [3.05, 3.63) is 28.8 Å². The molecule has 13 heavy (non-hydrogen) atoms. The van der Waals surface area contributed by atoms with Crippen LogP contribution in [0.5, 0.6) is 11.5 Å². The van der Waals surface area contributed by atoms with Crippen molar-refractivity contribution in [2.75, 3.05) is 6.79 Å². The molecule has 2 aliphatic rings. The third-order valence-corrected chi connectivity index (χ3v) is 2.51. The van der Waals surface area contributed by atoms with Gasteiger partial charge in [-0.1, -0.05) is 11.6 Å². The minimum atomic E-state index is 0.362. The highest BCUT2D eigenvalue weighted by molar-refractivity contribution is 5.67. The molecular formula is C11H10O2. The van der Waals surface area contributed by atoms with Gasteiger partial charge in [-0.05, 0) is 36.6 Å². The van der Waals surface area contributed by atoms with Crippen molar-refractivity contribution in [2.45, 2.75) is 13.3 Å². The van der Waals surface area contributed by atoms with E-state index in [0.717, 1.165) is 17.9 Å². The van der Waals surface area contributed by atoms with Gasteiger partial charge in [-0.25, -0.2) is 0 Å². The minimum absolute atomic E-state index is 0.362. The SMILES string of the molecule is CC1=Cc2cc3c(cc2C1)OCO3. The monoisotopic (exact) mass is 174 g/mol. The molecule has 1 aliphatic carbocycles. The summed E-state index contributed by atoms with van der Waals surface area (Å²) < 4.78 is 10.6. The van der Waals surface area contributed by atoms with Crippen LogP contribution < -0.4 is 9.47 Å². The molecule has 0 spiro atoms. The van der Waals surface area contributed by atoms with Crippen LogP contribution in [0.2, 0.25) is 0 Å². The van der Waals surface area contributed by atoms with E-state index in [2.05, 4.69) is 25.1 Å². The van der Waals surface area contributed by atoms with Crippen molar-refractivity contribution in [3.8, 4) is 11.5 Å². The highest BCUT2D eigenvalue weighted by Crippen LogP contribution is 2.38. The fraction of sp³-hybridized carbons (Fsp3) is 0.273. The van der Waals surface area contributed by atoms with Gasteiger partial charge in [-0.3, -0.25) is 0 Å². The first-order chi connectivity index (χ1) is 6.33. The van der Waals surface area contributed by atoms with Gasteiger partial charge in [0.05, 0.1) is 0 Å². The zero-order chi connectivity index (χ0) is 8.84. The molecule has 0 saturated heterocycles. The molecule has 0 radical (unpaired) electrons. The number of ether oxygens (including phenoxy) is 2. The summed E-state index contributed by atoms with van der Waals surface area (Å²) in [4.78, 5) is 0. The quantitative estimate of drug-likeness (QED) is 0.601. The Kier molecular flexibility index (Phi) is 1.23. The topological polar surface area (TPSA) is 18.5 Å². The summed E-state index contributed by atoms with van der Waals surface area (Å²) in [6, 6.07) is 4.15. The Morgan fingerprint density at radius 1 is 1.15 bits per heavy atom. The van der Waals surface area contributed by atoms with Crippen LogP contribution in [0.4, 0.5) is 0 Å². The van der Waals surface area contributed by atoms with E-state index in [1.165, 1.54) is 16.7 Å². The van der Waals surface area contributed by atoms with Gasteiger partial charge < -0.3 is 9.47 Å². The number of benzene rings is 1. The zero-order valence-corrected chi connectivity index (χ0v) is 7.46. The van der Waals surface area contributed by atoms with Gasteiger partial charge in [-0.2, -0.15) is 0 Å². The fourth-order valence-electron chi connectivity index (χ4n) is 1.90. The van der Waals surface area contributed by atoms with Crippen LogP contribution >= 0.6 is 0 Å². The number of fused-ring (bicyclic) bond motifs is 2. The summed E-state index contributed by atoms with van der Waals surface area (Å²) in [5.41, 5.74) is 4.03. The van der Waals surface area contributed by atoms with E-state index in [9.17, 15) is 0 Å². The molecule has 0 atom stereocenters. The van der Waals surface area contributed by atoms with Gasteiger partial charge in [-0.15, -0.1) is 0 Å². The van der Waals surface area contributed by atoms with Gasteiger partial charge in [0.15, 0.2) is 11.5 Å². The normalized spacial score (nSPS) is 17.2. The molecule has 0 saturated carbocycles. The van der Waals surface area contributed by atoms with E-state index in [0.29, 0.717) is 6.79 Å². The first-order valence-electron chi connectivity index (χ1n) is 4.42. The predicted octanol–water partition coefficient (Wildman–Crippen LogP) is 2.37. The van der Waals surface area contributed by atoms with Crippen molar-refractivity contribution < 1.29 is 9.47 Å². The maximum Gasteiger partial charge on any atom is 0.231 e. The van der Waals surface area contributed by atoms with Gasteiger partial charge in [0, 0.05) is 0 Å². The summed E-state index contributed by atoms with van der Waals surface area (Å²) >= 11 is 0. The molecule has 0 amide bonds. The maximum atomic E-state index is 5.31. The standard InChI is InChI=1S/C11H10O2/c1-7-2-8-4-10-11(13-6-12-10)5-9(8)3-7/h2,4-5H,3,6H2,1H3. The second-order valence-electron chi connectivity index (χ2n) is 3.57. The molecule has 2 heteroatoms. The summed E-state index contributed by atoms with van der Waals surface area (Å²) in [5.74, 6) is 1.77. The average molecular weight is 174 g/mol. The molecule has 0 unspecified atom stereocenters.